The lowest BCUT2D eigenvalue weighted by Crippen LogP contribution is -2.21. The van der Waals surface area contributed by atoms with Crippen molar-refractivity contribution in [1.82, 2.24) is 15.1 Å². The third kappa shape index (κ3) is 3.14. The van der Waals surface area contributed by atoms with E-state index in [9.17, 15) is 4.79 Å². The Bertz CT molecular complexity index is 767. The van der Waals surface area contributed by atoms with Crippen LogP contribution in [-0.2, 0) is 24.8 Å². The number of anilines is 1. The highest BCUT2D eigenvalue weighted by Crippen LogP contribution is 2.27. The summed E-state index contributed by atoms with van der Waals surface area (Å²) in [6.45, 7) is 4.82. The number of amides is 1. The van der Waals surface area contributed by atoms with Crippen molar-refractivity contribution in [2.75, 3.05) is 12.4 Å². The summed E-state index contributed by atoms with van der Waals surface area (Å²) in [4.78, 5) is 11.5. The van der Waals surface area contributed by atoms with Crippen LogP contribution < -0.4 is 15.4 Å². The number of methoxy groups -OCH3 is 1. The van der Waals surface area contributed by atoms with Gasteiger partial charge in [0.1, 0.15) is 0 Å². The molecule has 0 saturated carbocycles. The monoisotopic (exact) mass is 328 g/mol. The van der Waals surface area contributed by atoms with Gasteiger partial charge in [-0.2, -0.15) is 5.10 Å². The van der Waals surface area contributed by atoms with Crippen molar-refractivity contribution in [3.05, 3.63) is 40.6 Å². The molecule has 2 N–H and O–H groups in total. The topological polar surface area (TPSA) is 68.2 Å². The Labute approximate surface area is 142 Å². The Kier molecular flexibility index (Phi) is 4.57. The van der Waals surface area contributed by atoms with E-state index in [4.69, 9.17) is 4.74 Å². The van der Waals surface area contributed by atoms with E-state index in [-0.39, 0.29) is 11.9 Å². The van der Waals surface area contributed by atoms with Crippen LogP contribution in [0.2, 0.25) is 0 Å². The van der Waals surface area contributed by atoms with Gasteiger partial charge in [-0.1, -0.05) is 12.1 Å². The van der Waals surface area contributed by atoms with E-state index in [1.54, 1.807) is 11.8 Å². The first-order valence-electron chi connectivity index (χ1n) is 8.22. The molecule has 1 aromatic carbocycles. The summed E-state index contributed by atoms with van der Waals surface area (Å²) in [5.41, 5.74) is 5.41. The molecule has 2 heterocycles. The SMILES string of the molecule is COc1c(CN[C@H](C)c2ccc3c(c2)CCC(=O)N3)c(C)nn1C. The second-order valence-electron chi connectivity index (χ2n) is 6.26. The normalized spacial score (nSPS) is 14.9. The number of carbonyl (C=O) groups excluding carboxylic acids is 1. The molecule has 1 atom stereocenters. The van der Waals surface area contributed by atoms with Gasteiger partial charge in [-0.05, 0) is 37.5 Å². The summed E-state index contributed by atoms with van der Waals surface area (Å²) in [6, 6.07) is 6.43. The largest absolute Gasteiger partial charge is 0.481 e. The van der Waals surface area contributed by atoms with Crippen molar-refractivity contribution in [1.29, 1.82) is 0 Å². The maximum Gasteiger partial charge on any atom is 0.224 e. The molecule has 0 spiro atoms. The quantitative estimate of drug-likeness (QED) is 0.885. The molecule has 1 aliphatic heterocycles. The van der Waals surface area contributed by atoms with Gasteiger partial charge in [0, 0.05) is 31.7 Å². The molecule has 1 aliphatic rings. The van der Waals surface area contributed by atoms with Crippen LogP contribution in [0.4, 0.5) is 5.69 Å². The Morgan fingerprint density at radius 3 is 2.96 bits per heavy atom. The molecule has 6 heteroatoms. The highest BCUT2D eigenvalue weighted by atomic mass is 16.5. The van der Waals surface area contributed by atoms with Gasteiger partial charge in [-0.3, -0.25) is 4.79 Å². The molecular formula is C18H24N4O2. The van der Waals surface area contributed by atoms with Crippen molar-refractivity contribution in [2.24, 2.45) is 7.05 Å². The van der Waals surface area contributed by atoms with Crippen LogP contribution in [-0.4, -0.2) is 22.8 Å². The molecule has 3 rings (SSSR count). The first-order chi connectivity index (χ1) is 11.5. The molecule has 24 heavy (non-hydrogen) atoms. The summed E-state index contributed by atoms with van der Waals surface area (Å²) in [7, 11) is 3.55. The minimum Gasteiger partial charge on any atom is -0.481 e. The Balaban J connectivity index is 1.72. The summed E-state index contributed by atoms with van der Waals surface area (Å²) in [6.07, 6.45) is 1.36. The second kappa shape index (κ2) is 6.65. The van der Waals surface area contributed by atoms with Gasteiger partial charge < -0.3 is 15.4 Å². The molecule has 128 valence electrons. The number of rotatable bonds is 5. The standard InChI is InChI=1S/C18H24N4O2/c1-11(19-10-15-12(2)21-22(3)18(15)24-4)13-5-7-16-14(9-13)6-8-17(23)20-16/h5,7,9,11,19H,6,8,10H2,1-4H3,(H,20,23)/t11-/m1/s1. The van der Waals surface area contributed by atoms with Crippen LogP contribution in [0.5, 0.6) is 5.88 Å². The lowest BCUT2D eigenvalue weighted by molar-refractivity contribution is -0.116. The Morgan fingerprint density at radius 2 is 2.21 bits per heavy atom. The minimum atomic E-state index is 0.0978. The summed E-state index contributed by atoms with van der Waals surface area (Å²) in [5.74, 6) is 0.890. The molecule has 0 saturated heterocycles. The number of fused-ring (bicyclic) bond motifs is 1. The fourth-order valence-electron chi connectivity index (χ4n) is 3.19. The Morgan fingerprint density at radius 1 is 1.42 bits per heavy atom. The van der Waals surface area contributed by atoms with E-state index < -0.39 is 0 Å². The number of hydrogen-bond acceptors (Lipinski definition) is 4. The minimum absolute atomic E-state index is 0.0978. The van der Waals surface area contributed by atoms with Crippen molar-refractivity contribution in [3.63, 3.8) is 0 Å². The van der Waals surface area contributed by atoms with Gasteiger partial charge >= 0.3 is 0 Å². The number of aryl methyl sites for hydroxylation is 3. The number of ether oxygens (including phenoxy) is 1. The van der Waals surface area contributed by atoms with Crippen LogP contribution in [0, 0.1) is 6.92 Å². The predicted octanol–water partition coefficient (Wildman–Crippen LogP) is 2.47. The number of benzene rings is 1. The molecule has 6 nitrogen and oxygen atoms in total. The lowest BCUT2D eigenvalue weighted by Gasteiger charge is -2.20. The molecular weight excluding hydrogens is 304 g/mol. The highest BCUT2D eigenvalue weighted by Gasteiger charge is 2.18. The van der Waals surface area contributed by atoms with E-state index in [0.29, 0.717) is 13.0 Å². The summed E-state index contributed by atoms with van der Waals surface area (Å²) < 4.78 is 7.20. The van der Waals surface area contributed by atoms with Gasteiger partial charge in [-0.15, -0.1) is 0 Å². The molecule has 0 aliphatic carbocycles. The van der Waals surface area contributed by atoms with Crippen LogP contribution in [0.3, 0.4) is 0 Å². The number of nitrogens with one attached hydrogen (secondary N) is 2. The fraction of sp³-hybridized carbons (Fsp3) is 0.444. The molecule has 0 fully saturated rings. The van der Waals surface area contributed by atoms with E-state index >= 15 is 0 Å². The van der Waals surface area contributed by atoms with Crippen molar-refractivity contribution < 1.29 is 9.53 Å². The maximum atomic E-state index is 11.5. The molecule has 0 radical (unpaired) electrons. The van der Waals surface area contributed by atoms with Crippen molar-refractivity contribution in [2.45, 2.75) is 39.3 Å². The lowest BCUT2D eigenvalue weighted by atomic mass is 9.97. The number of hydrogen-bond donors (Lipinski definition) is 2. The summed E-state index contributed by atoms with van der Waals surface area (Å²) >= 11 is 0. The zero-order valence-corrected chi connectivity index (χ0v) is 14.6. The van der Waals surface area contributed by atoms with E-state index in [1.165, 1.54) is 11.1 Å². The zero-order chi connectivity index (χ0) is 17.3. The molecule has 0 bridgehead atoms. The zero-order valence-electron chi connectivity index (χ0n) is 14.6. The number of carbonyl (C=O) groups is 1. The summed E-state index contributed by atoms with van der Waals surface area (Å²) in [5, 5.41) is 10.9. The highest BCUT2D eigenvalue weighted by molar-refractivity contribution is 5.93. The van der Waals surface area contributed by atoms with Gasteiger partial charge in [-0.25, -0.2) is 4.68 Å². The average Bonchev–Trinajstić information content (AvgIpc) is 2.84. The third-order valence-electron chi connectivity index (χ3n) is 4.59. The van der Waals surface area contributed by atoms with Gasteiger partial charge in [0.05, 0.1) is 18.4 Å². The van der Waals surface area contributed by atoms with E-state index in [1.807, 2.05) is 20.0 Å². The van der Waals surface area contributed by atoms with Crippen LogP contribution in [0.25, 0.3) is 0 Å². The van der Waals surface area contributed by atoms with Crippen molar-refractivity contribution in [3.8, 4) is 5.88 Å². The van der Waals surface area contributed by atoms with Gasteiger partial charge in [0.2, 0.25) is 11.8 Å². The predicted molar refractivity (Wildman–Crippen MR) is 93.1 cm³/mol. The fourth-order valence-corrected chi connectivity index (χ4v) is 3.19. The second-order valence-corrected chi connectivity index (χ2v) is 6.26. The number of nitrogens with zero attached hydrogens (tertiary/aromatic N) is 2. The smallest absolute Gasteiger partial charge is 0.224 e. The molecule has 1 amide bonds. The van der Waals surface area contributed by atoms with Crippen LogP contribution in [0.15, 0.2) is 18.2 Å². The first-order valence-corrected chi connectivity index (χ1v) is 8.22. The maximum absolute atomic E-state index is 11.5. The molecule has 0 unspecified atom stereocenters. The number of aromatic nitrogens is 2. The van der Waals surface area contributed by atoms with Crippen LogP contribution in [0.1, 0.15) is 41.8 Å². The first kappa shape index (κ1) is 16.5. The molecule has 1 aromatic heterocycles. The van der Waals surface area contributed by atoms with Gasteiger partial charge in [0.15, 0.2) is 0 Å². The third-order valence-corrected chi connectivity index (χ3v) is 4.59. The van der Waals surface area contributed by atoms with Crippen molar-refractivity contribution >= 4 is 11.6 Å². The van der Waals surface area contributed by atoms with Gasteiger partial charge in [0.25, 0.3) is 0 Å². The van der Waals surface area contributed by atoms with Crippen LogP contribution >= 0.6 is 0 Å². The molecule has 2 aromatic rings. The Hall–Kier alpha value is -2.34. The van der Waals surface area contributed by atoms with E-state index in [0.717, 1.165) is 29.2 Å². The average molecular weight is 328 g/mol. The van der Waals surface area contributed by atoms with E-state index in [2.05, 4.69) is 34.8 Å².